The predicted octanol–water partition coefficient (Wildman–Crippen LogP) is 0.740. The van der Waals surface area contributed by atoms with E-state index in [1.807, 2.05) is 25.1 Å². The van der Waals surface area contributed by atoms with Gasteiger partial charge in [0.2, 0.25) is 5.91 Å². The number of carbonyl (C=O) groups excluding carboxylic acids is 1. The highest BCUT2D eigenvalue weighted by Crippen LogP contribution is 2.08. The highest BCUT2D eigenvalue weighted by atomic mass is 16.5. The summed E-state index contributed by atoms with van der Waals surface area (Å²) >= 11 is 0. The zero-order chi connectivity index (χ0) is 16.5. The highest BCUT2D eigenvalue weighted by Gasteiger charge is 2.24. The van der Waals surface area contributed by atoms with Crippen molar-refractivity contribution in [2.24, 2.45) is 0 Å². The number of piperazine rings is 1. The number of carbonyl (C=O) groups is 1. The van der Waals surface area contributed by atoms with Crippen LogP contribution in [0.4, 0.5) is 0 Å². The first kappa shape index (κ1) is 17.8. The van der Waals surface area contributed by atoms with E-state index in [9.17, 15) is 4.79 Å². The highest BCUT2D eigenvalue weighted by molar-refractivity contribution is 5.77. The maximum absolute atomic E-state index is 12.1. The van der Waals surface area contributed by atoms with Crippen molar-refractivity contribution >= 4 is 5.91 Å². The first-order valence-electron chi connectivity index (χ1n) is 8.39. The Labute approximate surface area is 138 Å². The normalized spacial score (nSPS) is 19.7. The molecule has 0 aromatic carbocycles. The molecule has 1 aliphatic heterocycles. The van der Waals surface area contributed by atoms with Crippen LogP contribution in [-0.2, 0) is 16.1 Å². The second-order valence-electron chi connectivity index (χ2n) is 5.91. The van der Waals surface area contributed by atoms with Crippen LogP contribution < -0.4 is 5.32 Å². The van der Waals surface area contributed by atoms with Gasteiger partial charge in [-0.25, -0.2) is 0 Å². The molecule has 2 heterocycles. The summed E-state index contributed by atoms with van der Waals surface area (Å²) < 4.78 is 5.42. The van der Waals surface area contributed by atoms with Gasteiger partial charge in [-0.2, -0.15) is 0 Å². The van der Waals surface area contributed by atoms with E-state index in [0.717, 1.165) is 45.1 Å². The number of amides is 1. The third-order valence-electron chi connectivity index (χ3n) is 4.14. The number of rotatable bonds is 8. The third kappa shape index (κ3) is 6.25. The lowest BCUT2D eigenvalue weighted by atomic mass is 10.2. The van der Waals surface area contributed by atoms with Crippen LogP contribution in [0.25, 0.3) is 0 Å². The Balaban J connectivity index is 1.67. The van der Waals surface area contributed by atoms with Gasteiger partial charge in [0.05, 0.1) is 25.4 Å². The van der Waals surface area contributed by atoms with Crippen LogP contribution in [0.2, 0.25) is 0 Å². The standard InChI is InChI=1S/C17H28N4O2/c1-3-23-11-10-21-9-8-20(13-15(21)2)14-17(22)19-12-16-6-4-5-7-18-16/h4-7,15H,3,8-14H2,1-2H3,(H,19,22)/t15-/m0/s1. The van der Waals surface area contributed by atoms with E-state index in [0.29, 0.717) is 19.1 Å². The minimum atomic E-state index is 0.0608. The molecule has 1 saturated heterocycles. The molecule has 1 fully saturated rings. The van der Waals surface area contributed by atoms with Crippen molar-refractivity contribution in [3.05, 3.63) is 30.1 Å². The monoisotopic (exact) mass is 320 g/mol. The van der Waals surface area contributed by atoms with Crippen LogP contribution in [0.1, 0.15) is 19.5 Å². The number of nitrogens with one attached hydrogen (secondary N) is 1. The summed E-state index contributed by atoms with van der Waals surface area (Å²) in [7, 11) is 0. The van der Waals surface area contributed by atoms with Gasteiger partial charge in [0.15, 0.2) is 0 Å². The molecule has 0 spiro atoms. The summed E-state index contributed by atoms with van der Waals surface area (Å²) in [5.74, 6) is 0.0608. The Morgan fingerprint density at radius 1 is 1.43 bits per heavy atom. The summed E-state index contributed by atoms with van der Waals surface area (Å²) in [6, 6.07) is 6.17. The van der Waals surface area contributed by atoms with Gasteiger partial charge in [-0.05, 0) is 26.0 Å². The van der Waals surface area contributed by atoms with Crippen LogP contribution in [0.3, 0.4) is 0 Å². The molecule has 128 valence electrons. The number of hydrogen-bond donors (Lipinski definition) is 1. The first-order valence-corrected chi connectivity index (χ1v) is 8.39. The number of aromatic nitrogens is 1. The molecule has 0 bridgehead atoms. The molecule has 23 heavy (non-hydrogen) atoms. The predicted molar refractivity (Wildman–Crippen MR) is 90.1 cm³/mol. The summed E-state index contributed by atoms with van der Waals surface area (Å²) in [6.45, 7) is 10.5. The van der Waals surface area contributed by atoms with Crippen LogP contribution in [0, 0.1) is 0 Å². The molecule has 1 aliphatic rings. The molecule has 0 unspecified atom stereocenters. The van der Waals surface area contributed by atoms with Crippen LogP contribution in [0.5, 0.6) is 0 Å². The topological polar surface area (TPSA) is 57.7 Å². The van der Waals surface area contributed by atoms with Crippen molar-refractivity contribution in [1.82, 2.24) is 20.1 Å². The number of nitrogens with zero attached hydrogens (tertiary/aromatic N) is 3. The van der Waals surface area contributed by atoms with E-state index in [2.05, 4.69) is 27.0 Å². The second-order valence-corrected chi connectivity index (χ2v) is 5.91. The van der Waals surface area contributed by atoms with Crippen LogP contribution in [0.15, 0.2) is 24.4 Å². The smallest absolute Gasteiger partial charge is 0.234 e. The first-order chi connectivity index (χ1) is 11.2. The molecule has 1 N–H and O–H groups in total. The quantitative estimate of drug-likeness (QED) is 0.716. The lowest BCUT2D eigenvalue weighted by Crippen LogP contribution is -2.54. The zero-order valence-corrected chi connectivity index (χ0v) is 14.2. The van der Waals surface area contributed by atoms with Crippen molar-refractivity contribution in [3.8, 4) is 0 Å². The Kier molecular flexibility index (Phi) is 7.45. The number of ether oxygens (including phenoxy) is 1. The second kappa shape index (κ2) is 9.60. The zero-order valence-electron chi connectivity index (χ0n) is 14.2. The molecular weight excluding hydrogens is 292 g/mol. The fraction of sp³-hybridized carbons (Fsp3) is 0.647. The Morgan fingerprint density at radius 3 is 3.00 bits per heavy atom. The third-order valence-corrected chi connectivity index (χ3v) is 4.14. The molecule has 0 saturated carbocycles. The summed E-state index contributed by atoms with van der Waals surface area (Å²) in [4.78, 5) is 20.9. The maximum atomic E-state index is 12.1. The van der Waals surface area contributed by atoms with Crippen LogP contribution in [-0.4, -0.2) is 72.7 Å². The molecule has 0 radical (unpaired) electrons. The molecule has 1 aromatic rings. The van der Waals surface area contributed by atoms with Crippen molar-refractivity contribution in [2.75, 3.05) is 45.9 Å². The van der Waals surface area contributed by atoms with E-state index in [1.54, 1.807) is 6.20 Å². The molecule has 2 rings (SSSR count). The van der Waals surface area contributed by atoms with Crippen molar-refractivity contribution < 1.29 is 9.53 Å². The van der Waals surface area contributed by atoms with E-state index in [1.165, 1.54) is 0 Å². The van der Waals surface area contributed by atoms with Gasteiger partial charge in [0.25, 0.3) is 0 Å². The molecule has 1 atom stereocenters. The van der Waals surface area contributed by atoms with Gasteiger partial charge < -0.3 is 10.1 Å². The minimum absolute atomic E-state index is 0.0608. The largest absolute Gasteiger partial charge is 0.380 e. The summed E-state index contributed by atoms with van der Waals surface area (Å²) in [5.41, 5.74) is 0.884. The lowest BCUT2D eigenvalue weighted by Gasteiger charge is -2.39. The summed E-state index contributed by atoms with van der Waals surface area (Å²) in [6.07, 6.45) is 1.74. The molecule has 6 heteroatoms. The average Bonchev–Trinajstić information content (AvgIpc) is 2.56. The maximum Gasteiger partial charge on any atom is 0.234 e. The molecular formula is C17H28N4O2. The molecule has 1 aromatic heterocycles. The fourth-order valence-electron chi connectivity index (χ4n) is 2.82. The van der Waals surface area contributed by atoms with E-state index in [4.69, 9.17) is 4.74 Å². The fourth-order valence-corrected chi connectivity index (χ4v) is 2.82. The molecule has 6 nitrogen and oxygen atoms in total. The SMILES string of the molecule is CCOCCN1CCN(CC(=O)NCc2ccccn2)C[C@@H]1C. The van der Waals surface area contributed by atoms with Gasteiger partial charge in [0.1, 0.15) is 0 Å². The van der Waals surface area contributed by atoms with E-state index in [-0.39, 0.29) is 5.91 Å². The van der Waals surface area contributed by atoms with Gasteiger partial charge in [-0.1, -0.05) is 6.07 Å². The van der Waals surface area contributed by atoms with Gasteiger partial charge in [0, 0.05) is 45.0 Å². The molecule has 1 amide bonds. The number of pyridine rings is 1. The Bertz CT molecular complexity index is 469. The van der Waals surface area contributed by atoms with E-state index >= 15 is 0 Å². The lowest BCUT2D eigenvalue weighted by molar-refractivity contribution is -0.123. The number of hydrogen-bond acceptors (Lipinski definition) is 5. The van der Waals surface area contributed by atoms with Gasteiger partial charge in [-0.3, -0.25) is 19.6 Å². The van der Waals surface area contributed by atoms with E-state index < -0.39 is 0 Å². The summed E-state index contributed by atoms with van der Waals surface area (Å²) in [5, 5.41) is 2.94. The van der Waals surface area contributed by atoms with Crippen molar-refractivity contribution in [3.63, 3.8) is 0 Å². The Morgan fingerprint density at radius 2 is 2.30 bits per heavy atom. The Hall–Kier alpha value is -1.50. The van der Waals surface area contributed by atoms with Crippen molar-refractivity contribution in [2.45, 2.75) is 26.4 Å². The molecule has 0 aliphatic carbocycles. The van der Waals surface area contributed by atoms with Crippen molar-refractivity contribution in [1.29, 1.82) is 0 Å². The van der Waals surface area contributed by atoms with Crippen LogP contribution >= 0.6 is 0 Å². The minimum Gasteiger partial charge on any atom is -0.380 e. The van der Waals surface area contributed by atoms with Gasteiger partial charge >= 0.3 is 0 Å². The van der Waals surface area contributed by atoms with Gasteiger partial charge in [-0.15, -0.1) is 0 Å². The average molecular weight is 320 g/mol.